The Bertz CT molecular complexity index is 678. The third kappa shape index (κ3) is 4.14. The molecule has 1 aromatic heterocycles. The second kappa shape index (κ2) is 6.47. The molecule has 8 nitrogen and oxygen atoms in total. The third-order valence-electron chi connectivity index (χ3n) is 3.62. The summed E-state index contributed by atoms with van der Waals surface area (Å²) in [6.07, 6.45) is 0.312. The number of aromatic nitrogens is 2. The first-order valence-corrected chi connectivity index (χ1v) is 7.84. The number of hydrogen-bond donors (Lipinski definition) is 3. The van der Waals surface area contributed by atoms with Gasteiger partial charge in [0, 0.05) is 31.9 Å². The van der Waals surface area contributed by atoms with E-state index in [9.17, 15) is 9.59 Å². The van der Waals surface area contributed by atoms with Crippen LogP contribution in [-0.2, 0) is 11.2 Å². The zero-order valence-electron chi connectivity index (χ0n) is 14.2. The van der Waals surface area contributed by atoms with Crippen molar-refractivity contribution in [1.82, 2.24) is 14.9 Å². The van der Waals surface area contributed by atoms with Gasteiger partial charge < -0.3 is 19.5 Å². The lowest BCUT2D eigenvalue weighted by atomic mass is 10.2. The van der Waals surface area contributed by atoms with E-state index in [1.807, 2.05) is 32.6 Å². The smallest absolute Gasteiger partial charge is 0.410 e. The maximum absolute atomic E-state index is 12.2. The highest BCUT2D eigenvalue weighted by molar-refractivity contribution is 5.68. The molecular formula is C15H25N5O3. The van der Waals surface area contributed by atoms with Crippen LogP contribution in [0.5, 0.6) is 0 Å². The highest BCUT2D eigenvalue weighted by Crippen LogP contribution is 2.17. The fourth-order valence-corrected chi connectivity index (χ4v) is 2.58. The van der Waals surface area contributed by atoms with Crippen molar-refractivity contribution in [3.63, 3.8) is 0 Å². The van der Waals surface area contributed by atoms with E-state index in [4.69, 9.17) is 10.1 Å². The molecule has 1 aliphatic heterocycles. The fourth-order valence-electron chi connectivity index (χ4n) is 2.58. The normalized spacial score (nSPS) is 15.7. The van der Waals surface area contributed by atoms with Crippen LogP contribution < -0.4 is 16.1 Å². The van der Waals surface area contributed by atoms with Gasteiger partial charge in [0.15, 0.2) is 5.62 Å². The molecule has 1 saturated heterocycles. The SMILES string of the molecule is CCc1[nH]c(=N)[nH]c(=O)c1N1CCN(C(=O)OC(C)(C)C)CC1. The van der Waals surface area contributed by atoms with E-state index in [0.717, 1.165) is 5.69 Å². The number of amides is 1. The van der Waals surface area contributed by atoms with Gasteiger partial charge in [-0.1, -0.05) is 6.92 Å². The number of nitrogens with zero attached hydrogens (tertiary/aromatic N) is 2. The second-order valence-electron chi connectivity index (χ2n) is 6.59. The first-order chi connectivity index (χ1) is 10.7. The van der Waals surface area contributed by atoms with E-state index in [1.165, 1.54) is 0 Å². The van der Waals surface area contributed by atoms with Crippen LogP contribution in [0.25, 0.3) is 0 Å². The zero-order chi connectivity index (χ0) is 17.2. The lowest BCUT2D eigenvalue weighted by Gasteiger charge is -2.36. The van der Waals surface area contributed by atoms with Gasteiger partial charge in [-0.15, -0.1) is 0 Å². The number of H-pyrrole nitrogens is 2. The lowest BCUT2D eigenvalue weighted by Crippen LogP contribution is -2.51. The predicted molar refractivity (Wildman–Crippen MR) is 86.7 cm³/mol. The summed E-state index contributed by atoms with van der Waals surface area (Å²) in [6.45, 7) is 9.57. The van der Waals surface area contributed by atoms with Gasteiger partial charge in [0.1, 0.15) is 11.3 Å². The van der Waals surface area contributed by atoms with Crippen LogP contribution in [0.4, 0.5) is 10.5 Å². The van der Waals surface area contributed by atoms with Crippen LogP contribution in [0.2, 0.25) is 0 Å². The summed E-state index contributed by atoms with van der Waals surface area (Å²) in [5.74, 6) is 0. The first kappa shape index (κ1) is 17.1. The van der Waals surface area contributed by atoms with Gasteiger partial charge in [-0.2, -0.15) is 0 Å². The number of carbonyl (C=O) groups is 1. The molecule has 3 N–H and O–H groups in total. The predicted octanol–water partition coefficient (Wildman–Crippen LogP) is 0.802. The number of aromatic amines is 2. The van der Waals surface area contributed by atoms with Gasteiger partial charge in [-0.25, -0.2) is 4.79 Å². The zero-order valence-corrected chi connectivity index (χ0v) is 14.2. The fraction of sp³-hybridized carbons (Fsp3) is 0.667. The molecule has 8 heteroatoms. The van der Waals surface area contributed by atoms with E-state index >= 15 is 0 Å². The summed E-state index contributed by atoms with van der Waals surface area (Å²) in [7, 11) is 0. The average molecular weight is 323 g/mol. The van der Waals surface area contributed by atoms with E-state index in [2.05, 4.69) is 9.97 Å². The molecule has 2 heterocycles. The monoisotopic (exact) mass is 323 g/mol. The Balaban J connectivity index is 2.10. The Morgan fingerprint density at radius 3 is 2.35 bits per heavy atom. The minimum absolute atomic E-state index is 0.00277. The van der Waals surface area contributed by atoms with Crippen molar-refractivity contribution in [2.24, 2.45) is 0 Å². The number of carbonyl (C=O) groups excluding carboxylic acids is 1. The van der Waals surface area contributed by atoms with E-state index in [-0.39, 0.29) is 17.3 Å². The molecule has 0 radical (unpaired) electrons. The molecule has 0 spiro atoms. The van der Waals surface area contributed by atoms with Gasteiger partial charge >= 0.3 is 6.09 Å². The highest BCUT2D eigenvalue weighted by Gasteiger charge is 2.27. The minimum Gasteiger partial charge on any atom is -0.444 e. The van der Waals surface area contributed by atoms with Crippen molar-refractivity contribution < 1.29 is 9.53 Å². The average Bonchev–Trinajstić information content (AvgIpc) is 2.45. The first-order valence-electron chi connectivity index (χ1n) is 7.84. The summed E-state index contributed by atoms with van der Waals surface area (Å²) >= 11 is 0. The van der Waals surface area contributed by atoms with Crippen LogP contribution in [-0.4, -0.2) is 52.7 Å². The Kier molecular flexibility index (Phi) is 4.82. The number of rotatable bonds is 2. The summed E-state index contributed by atoms with van der Waals surface area (Å²) < 4.78 is 5.37. The molecular weight excluding hydrogens is 298 g/mol. The van der Waals surface area contributed by atoms with Gasteiger partial charge in [0.2, 0.25) is 0 Å². The second-order valence-corrected chi connectivity index (χ2v) is 6.59. The summed E-state index contributed by atoms with van der Waals surface area (Å²) in [5.41, 5.74) is 0.524. The standard InChI is InChI=1S/C15H25N5O3/c1-5-10-11(12(21)18-13(16)17-10)19-6-8-20(9-7-19)14(22)23-15(2,3)4/h5-9H2,1-4H3,(H3,16,17,18,21). The Labute approximate surface area is 135 Å². The topological polar surface area (TPSA) is 105 Å². The van der Waals surface area contributed by atoms with Crippen LogP contribution in [0.3, 0.4) is 0 Å². The van der Waals surface area contributed by atoms with Gasteiger partial charge in [0.25, 0.3) is 5.56 Å². The highest BCUT2D eigenvalue weighted by atomic mass is 16.6. The van der Waals surface area contributed by atoms with Gasteiger partial charge in [0.05, 0.1) is 0 Å². The molecule has 0 aromatic carbocycles. The molecule has 1 fully saturated rings. The molecule has 128 valence electrons. The maximum atomic E-state index is 12.2. The van der Waals surface area contributed by atoms with Crippen molar-refractivity contribution in [2.45, 2.75) is 39.7 Å². The lowest BCUT2D eigenvalue weighted by molar-refractivity contribution is 0.0240. The van der Waals surface area contributed by atoms with Crippen molar-refractivity contribution in [1.29, 1.82) is 5.41 Å². The van der Waals surface area contributed by atoms with Crippen molar-refractivity contribution in [3.05, 3.63) is 21.7 Å². The van der Waals surface area contributed by atoms with Crippen molar-refractivity contribution >= 4 is 11.8 Å². The quantitative estimate of drug-likeness (QED) is 0.748. The molecule has 1 aliphatic rings. The summed E-state index contributed by atoms with van der Waals surface area (Å²) in [5, 5.41) is 7.56. The Morgan fingerprint density at radius 2 is 1.83 bits per heavy atom. The number of nitrogens with one attached hydrogen (secondary N) is 3. The van der Waals surface area contributed by atoms with Crippen LogP contribution in [0.1, 0.15) is 33.4 Å². The molecule has 2 rings (SSSR count). The third-order valence-corrected chi connectivity index (χ3v) is 3.62. The molecule has 0 bridgehead atoms. The van der Waals surface area contributed by atoms with E-state index in [0.29, 0.717) is 38.3 Å². The largest absolute Gasteiger partial charge is 0.444 e. The molecule has 0 unspecified atom stereocenters. The number of aryl methyl sites for hydroxylation is 1. The molecule has 0 saturated carbocycles. The molecule has 23 heavy (non-hydrogen) atoms. The molecule has 1 amide bonds. The Hall–Kier alpha value is -2.25. The van der Waals surface area contributed by atoms with Crippen LogP contribution >= 0.6 is 0 Å². The van der Waals surface area contributed by atoms with Crippen LogP contribution in [0, 0.1) is 5.41 Å². The molecule has 1 aromatic rings. The minimum atomic E-state index is -0.514. The van der Waals surface area contributed by atoms with Gasteiger partial charge in [-0.05, 0) is 27.2 Å². The number of ether oxygens (including phenoxy) is 1. The molecule has 0 atom stereocenters. The number of anilines is 1. The van der Waals surface area contributed by atoms with E-state index in [1.54, 1.807) is 4.90 Å². The van der Waals surface area contributed by atoms with E-state index < -0.39 is 5.60 Å². The summed E-state index contributed by atoms with van der Waals surface area (Å²) in [6, 6.07) is 0. The maximum Gasteiger partial charge on any atom is 0.410 e. The Morgan fingerprint density at radius 1 is 1.22 bits per heavy atom. The number of hydrogen-bond acceptors (Lipinski definition) is 5. The van der Waals surface area contributed by atoms with Crippen molar-refractivity contribution in [2.75, 3.05) is 31.1 Å². The molecule has 0 aliphatic carbocycles. The van der Waals surface area contributed by atoms with Crippen molar-refractivity contribution in [3.8, 4) is 0 Å². The van der Waals surface area contributed by atoms with Gasteiger partial charge in [-0.3, -0.25) is 15.2 Å². The number of piperazine rings is 1. The summed E-state index contributed by atoms with van der Waals surface area (Å²) in [4.78, 5) is 33.2. The van der Waals surface area contributed by atoms with Crippen LogP contribution in [0.15, 0.2) is 4.79 Å².